The van der Waals surface area contributed by atoms with Crippen LogP contribution in [0.1, 0.15) is 317 Å². The van der Waals surface area contributed by atoms with Gasteiger partial charge in [0, 0.05) is 25.7 Å². The molecule has 0 fully saturated rings. The van der Waals surface area contributed by atoms with E-state index in [4.69, 9.17) is 37.0 Å². The molecule has 0 radical (unpaired) electrons. The summed E-state index contributed by atoms with van der Waals surface area (Å²) in [5.41, 5.74) is 0. The first-order chi connectivity index (χ1) is 39.2. The van der Waals surface area contributed by atoms with Gasteiger partial charge in [-0.25, -0.2) is 9.13 Å². The minimum Gasteiger partial charge on any atom is -0.462 e. The van der Waals surface area contributed by atoms with E-state index in [2.05, 4.69) is 27.7 Å². The number of ether oxygens (including phenoxy) is 4. The molecule has 0 saturated carbocycles. The van der Waals surface area contributed by atoms with Crippen molar-refractivity contribution in [2.75, 3.05) is 39.6 Å². The first-order valence-electron chi connectivity index (χ1n) is 32.8. The number of aliphatic hydroxyl groups is 1. The maximum absolute atomic E-state index is 12.9. The number of aliphatic hydroxyl groups excluding tert-OH is 1. The lowest BCUT2D eigenvalue weighted by Gasteiger charge is -2.21. The number of carbonyl (C=O) groups is 4. The van der Waals surface area contributed by atoms with Crippen molar-refractivity contribution in [3.05, 3.63) is 0 Å². The molecule has 0 aliphatic rings. The zero-order chi connectivity index (χ0) is 59.8. The van der Waals surface area contributed by atoms with Crippen LogP contribution in [0, 0.1) is 0 Å². The van der Waals surface area contributed by atoms with Gasteiger partial charge in [0.05, 0.1) is 26.4 Å². The van der Waals surface area contributed by atoms with Crippen molar-refractivity contribution in [1.82, 2.24) is 0 Å². The first-order valence-corrected chi connectivity index (χ1v) is 35.8. The summed E-state index contributed by atoms with van der Waals surface area (Å²) in [5.74, 6) is -2.14. The minimum absolute atomic E-state index is 0.104. The molecule has 480 valence electrons. The van der Waals surface area contributed by atoms with Crippen molar-refractivity contribution in [3.8, 4) is 0 Å². The van der Waals surface area contributed by atoms with Gasteiger partial charge in [-0.1, -0.05) is 265 Å². The quantitative estimate of drug-likeness (QED) is 0.0222. The number of hydrogen-bond acceptors (Lipinski definition) is 15. The molecule has 2 unspecified atom stereocenters. The largest absolute Gasteiger partial charge is 0.472 e. The number of hydrogen-bond donors (Lipinski definition) is 3. The fraction of sp³-hybridized carbons (Fsp3) is 0.935. The van der Waals surface area contributed by atoms with Crippen molar-refractivity contribution in [1.29, 1.82) is 0 Å². The fourth-order valence-corrected chi connectivity index (χ4v) is 10.9. The molecule has 0 amide bonds. The van der Waals surface area contributed by atoms with E-state index < -0.39 is 97.5 Å². The Balaban J connectivity index is 5.14. The number of esters is 4. The minimum atomic E-state index is -4.94. The zero-order valence-corrected chi connectivity index (χ0v) is 53.5. The van der Waals surface area contributed by atoms with Crippen LogP contribution in [-0.2, 0) is 65.4 Å². The molecule has 0 spiro atoms. The van der Waals surface area contributed by atoms with Crippen LogP contribution in [-0.4, -0.2) is 96.7 Å². The molecule has 0 aromatic rings. The van der Waals surface area contributed by atoms with Gasteiger partial charge in [0.25, 0.3) is 0 Å². The smallest absolute Gasteiger partial charge is 0.462 e. The van der Waals surface area contributed by atoms with Crippen LogP contribution in [0.25, 0.3) is 0 Å². The van der Waals surface area contributed by atoms with E-state index >= 15 is 0 Å². The van der Waals surface area contributed by atoms with Crippen LogP contribution >= 0.6 is 15.6 Å². The highest BCUT2D eigenvalue weighted by Crippen LogP contribution is 2.45. The zero-order valence-electron chi connectivity index (χ0n) is 51.7. The molecule has 0 saturated heterocycles. The van der Waals surface area contributed by atoms with Crippen LogP contribution in [0.4, 0.5) is 0 Å². The summed E-state index contributed by atoms with van der Waals surface area (Å²) in [6.45, 7) is 4.79. The molecule has 0 aromatic heterocycles. The maximum atomic E-state index is 12.9. The number of unbranched alkanes of at least 4 members (excludes halogenated alkanes) is 37. The number of carbonyl (C=O) groups excluding carboxylic acids is 4. The summed E-state index contributed by atoms with van der Waals surface area (Å²) < 4.78 is 67.7. The molecule has 0 aromatic carbocycles. The molecule has 3 N–H and O–H groups in total. The van der Waals surface area contributed by atoms with Crippen LogP contribution in [0.5, 0.6) is 0 Å². The Morgan fingerprint density at radius 1 is 0.296 bits per heavy atom. The monoisotopic (exact) mass is 1200 g/mol. The lowest BCUT2D eigenvalue weighted by Crippen LogP contribution is -2.30. The predicted octanol–water partition coefficient (Wildman–Crippen LogP) is 17.2. The molecular formula is C62H120O17P2. The summed E-state index contributed by atoms with van der Waals surface area (Å²) in [6, 6.07) is 0. The average Bonchev–Trinajstić information content (AvgIpc) is 3.44. The molecule has 19 heteroatoms. The Labute approximate surface area is 492 Å². The fourth-order valence-electron chi connectivity index (χ4n) is 9.28. The second-order valence-electron chi connectivity index (χ2n) is 22.4. The van der Waals surface area contributed by atoms with E-state index in [-0.39, 0.29) is 25.7 Å². The van der Waals surface area contributed by atoms with Gasteiger partial charge in [-0.05, 0) is 25.7 Å². The summed E-state index contributed by atoms with van der Waals surface area (Å²) >= 11 is 0. The maximum Gasteiger partial charge on any atom is 0.472 e. The second-order valence-corrected chi connectivity index (χ2v) is 25.4. The Kier molecular flexibility index (Phi) is 55.8. The highest BCUT2D eigenvalue weighted by molar-refractivity contribution is 7.47. The third kappa shape index (κ3) is 56.9. The molecule has 0 heterocycles. The third-order valence-corrected chi connectivity index (χ3v) is 16.3. The van der Waals surface area contributed by atoms with Crippen molar-refractivity contribution in [2.24, 2.45) is 0 Å². The highest BCUT2D eigenvalue weighted by Gasteiger charge is 2.30. The Morgan fingerprint density at radius 3 is 0.728 bits per heavy atom. The molecular weight excluding hydrogens is 1080 g/mol. The molecule has 0 aliphatic carbocycles. The van der Waals surface area contributed by atoms with Crippen molar-refractivity contribution in [3.63, 3.8) is 0 Å². The summed E-state index contributed by atoms with van der Waals surface area (Å²) in [5, 5.41) is 10.5. The van der Waals surface area contributed by atoms with Gasteiger partial charge in [0.2, 0.25) is 0 Å². The highest BCUT2D eigenvalue weighted by atomic mass is 31.2. The number of rotatable bonds is 63. The van der Waals surface area contributed by atoms with Gasteiger partial charge in [-0.3, -0.25) is 37.3 Å². The summed E-state index contributed by atoms with van der Waals surface area (Å²) in [6.07, 6.45) is 42.0. The molecule has 0 rings (SSSR count). The van der Waals surface area contributed by atoms with E-state index in [9.17, 15) is 43.2 Å². The lowest BCUT2D eigenvalue weighted by atomic mass is 10.0. The SMILES string of the molecule is CCCCCCCCCCCCCCCCCCCC(=O)O[C@H](COC(=O)CCCCCCCCCCCC)COP(=O)(O)OC[C@@H](O)COP(=O)(O)OC[C@@H](COC(=O)CCCCCCCCC)OC(=O)CCCCCCCCC. The number of phosphoric ester groups is 2. The van der Waals surface area contributed by atoms with Gasteiger partial charge < -0.3 is 33.8 Å². The van der Waals surface area contributed by atoms with Crippen molar-refractivity contribution >= 4 is 39.5 Å². The van der Waals surface area contributed by atoms with Gasteiger partial charge in [0.1, 0.15) is 19.3 Å². The molecule has 0 aliphatic heterocycles. The average molecular weight is 1200 g/mol. The van der Waals surface area contributed by atoms with Gasteiger partial charge in [-0.15, -0.1) is 0 Å². The molecule has 5 atom stereocenters. The topological polar surface area (TPSA) is 237 Å². The summed E-state index contributed by atoms with van der Waals surface area (Å²) in [4.78, 5) is 71.8. The Morgan fingerprint density at radius 2 is 0.494 bits per heavy atom. The van der Waals surface area contributed by atoms with Crippen LogP contribution < -0.4 is 0 Å². The Bertz CT molecular complexity index is 1570. The van der Waals surface area contributed by atoms with Crippen LogP contribution in [0.3, 0.4) is 0 Å². The van der Waals surface area contributed by atoms with Crippen LogP contribution in [0.15, 0.2) is 0 Å². The van der Waals surface area contributed by atoms with E-state index in [1.165, 1.54) is 122 Å². The standard InChI is InChI=1S/C62H120O17P2/c1-5-9-13-17-21-23-25-26-27-28-29-30-31-33-37-41-45-49-62(67)79-58(53-73-60(65)47-43-39-36-32-24-22-18-14-10-6-2)55-77-81(70,71)75-51-56(63)50-74-80(68,69)76-54-57(78-61(66)48-44-40-35-20-16-12-8-4)52-72-59(64)46-42-38-34-19-15-11-7-3/h56-58,63H,5-55H2,1-4H3,(H,68,69)(H,70,71)/t56-,57+,58+/m0/s1. The van der Waals surface area contributed by atoms with E-state index in [0.717, 1.165) is 116 Å². The van der Waals surface area contributed by atoms with E-state index in [1.807, 2.05) is 0 Å². The lowest BCUT2D eigenvalue weighted by molar-refractivity contribution is -0.161. The predicted molar refractivity (Wildman–Crippen MR) is 322 cm³/mol. The van der Waals surface area contributed by atoms with Gasteiger partial charge in [0.15, 0.2) is 12.2 Å². The number of phosphoric acid groups is 2. The first kappa shape index (κ1) is 79.1. The van der Waals surface area contributed by atoms with Gasteiger partial charge >= 0.3 is 39.5 Å². The van der Waals surface area contributed by atoms with Crippen molar-refractivity contribution in [2.45, 2.75) is 335 Å². The third-order valence-electron chi connectivity index (χ3n) is 14.4. The van der Waals surface area contributed by atoms with E-state index in [1.54, 1.807) is 0 Å². The van der Waals surface area contributed by atoms with E-state index in [0.29, 0.717) is 25.7 Å². The second kappa shape index (κ2) is 57.2. The Hall–Kier alpha value is -1.94. The summed E-state index contributed by atoms with van der Waals surface area (Å²) in [7, 11) is -9.87. The molecule has 81 heavy (non-hydrogen) atoms. The van der Waals surface area contributed by atoms with Crippen LogP contribution in [0.2, 0.25) is 0 Å². The normalized spacial score (nSPS) is 14.2. The van der Waals surface area contributed by atoms with Gasteiger partial charge in [-0.2, -0.15) is 0 Å². The van der Waals surface area contributed by atoms with Crippen molar-refractivity contribution < 1.29 is 80.2 Å². The molecule has 0 bridgehead atoms. The molecule has 17 nitrogen and oxygen atoms in total.